The Morgan fingerprint density at radius 3 is 0.690 bits per heavy atom. The first-order valence-corrected chi connectivity index (χ1v) is 26.0. The largest absolute Gasteiger partial charge is 0.462 e. The number of ether oxygens (including phenoxy) is 3. The molecule has 344 valence electrons. The Hall–Kier alpha value is -1.59. The SMILES string of the molecule is CCCCCCCCCCCCCCCCCCCCCCCCCCC(=O)OCC(COC(=O)CCCCCCCC)OC(=O)CCCCCCCCCCCC. The summed E-state index contributed by atoms with van der Waals surface area (Å²) in [6.07, 6.45) is 51.3. The number of carbonyl (C=O) groups is 3. The second-order valence-corrected chi connectivity index (χ2v) is 17.8. The van der Waals surface area contributed by atoms with Crippen molar-refractivity contribution in [3.8, 4) is 0 Å². The Morgan fingerprint density at radius 1 is 0.276 bits per heavy atom. The highest BCUT2D eigenvalue weighted by atomic mass is 16.6. The van der Waals surface area contributed by atoms with Crippen LogP contribution in [-0.2, 0) is 28.6 Å². The first-order valence-electron chi connectivity index (χ1n) is 26.0. The smallest absolute Gasteiger partial charge is 0.306 e. The van der Waals surface area contributed by atoms with E-state index in [2.05, 4.69) is 20.8 Å². The Labute approximate surface area is 361 Å². The molecule has 0 spiro atoms. The lowest BCUT2D eigenvalue weighted by Gasteiger charge is -2.18. The fourth-order valence-corrected chi connectivity index (χ4v) is 7.92. The summed E-state index contributed by atoms with van der Waals surface area (Å²) < 4.78 is 16.7. The molecule has 0 N–H and O–H groups in total. The van der Waals surface area contributed by atoms with Crippen molar-refractivity contribution in [2.24, 2.45) is 0 Å². The average Bonchev–Trinajstić information content (AvgIpc) is 3.22. The number of hydrogen-bond donors (Lipinski definition) is 0. The minimum atomic E-state index is -0.757. The molecule has 0 aliphatic heterocycles. The molecule has 58 heavy (non-hydrogen) atoms. The van der Waals surface area contributed by atoms with Crippen LogP contribution in [0.15, 0.2) is 0 Å². The lowest BCUT2D eigenvalue weighted by Crippen LogP contribution is -2.30. The van der Waals surface area contributed by atoms with Gasteiger partial charge in [-0.15, -0.1) is 0 Å². The van der Waals surface area contributed by atoms with E-state index in [1.807, 2.05) is 0 Å². The van der Waals surface area contributed by atoms with E-state index in [1.165, 1.54) is 199 Å². The summed E-state index contributed by atoms with van der Waals surface area (Å²) in [5.74, 6) is -0.858. The normalized spacial score (nSPS) is 11.8. The van der Waals surface area contributed by atoms with Crippen molar-refractivity contribution in [2.45, 2.75) is 303 Å². The van der Waals surface area contributed by atoms with Crippen LogP contribution in [0.5, 0.6) is 0 Å². The highest BCUT2D eigenvalue weighted by Gasteiger charge is 2.19. The molecular formula is C52H100O6. The monoisotopic (exact) mass is 821 g/mol. The third-order valence-corrected chi connectivity index (χ3v) is 11.9. The van der Waals surface area contributed by atoms with E-state index in [4.69, 9.17) is 14.2 Å². The maximum absolute atomic E-state index is 12.7. The quantitative estimate of drug-likeness (QED) is 0.0346. The molecule has 0 fully saturated rings. The molecule has 0 bridgehead atoms. The van der Waals surface area contributed by atoms with Crippen molar-refractivity contribution in [2.75, 3.05) is 13.2 Å². The first-order chi connectivity index (χ1) is 28.5. The van der Waals surface area contributed by atoms with Gasteiger partial charge in [-0.2, -0.15) is 0 Å². The van der Waals surface area contributed by atoms with Gasteiger partial charge in [0.05, 0.1) is 0 Å². The molecule has 0 aliphatic rings. The summed E-state index contributed by atoms with van der Waals surface area (Å²) in [6, 6.07) is 0. The third kappa shape index (κ3) is 45.5. The van der Waals surface area contributed by atoms with Crippen LogP contribution < -0.4 is 0 Å². The van der Waals surface area contributed by atoms with Gasteiger partial charge in [0.1, 0.15) is 13.2 Å². The van der Waals surface area contributed by atoms with Gasteiger partial charge in [-0.25, -0.2) is 0 Å². The van der Waals surface area contributed by atoms with E-state index in [9.17, 15) is 14.4 Å². The molecule has 0 aromatic rings. The molecule has 6 nitrogen and oxygen atoms in total. The van der Waals surface area contributed by atoms with Gasteiger partial charge >= 0.3 is 17.9 Å². The number of esters is 3. The molecule has 0 aliphatic carbocycles. The summed E-state index contributed by atoms with van der Waals surface area (Å²) in [4.78, 5) is 37.6. The molecule has 6 heteroatoms. The number of rotatable bonds is 48. The zero-order valence-electron chi connectivity index (χ0n) is 39.3. The Kier molecular flexibility index (Phi) is 46.8. The highest BCUT2D eigenvalue weighted by molar-refractivity contribution is 5.71. The van der Waals surface area contributed by atoms with E-state index in [0.29, 0.717) is 19.3 Å². The van der Waals surface area contributed by atoms with Crippen LogP contribution in [-0.4, -0.2) is 37.2 Å². The van der Waals surface area contributed by atoms with Gasteiger partial charge in [0, 0.05) is 19.3 Å². The Morgan fingerprint density at radius 2 is 0.466 bits per heavy atom. The molecule has 1 atom stereocenters. The molecule has 0 radical (unpaired) electrons. The van der Waals surface area contributed by atoms with Crippen molar-refractivity contribution in [1.29, 1.82) is 0 Å². The van der Waals surface area contributed by atoms with Crippen molar-refractivity contribution in [1.82, 2.24) is 0 Å². The molecule has 0 saturated heterocycles. The second-order valence-electron chi connectivity index (χ2n) is 17.8. The Bertz CT molecular complexity index is 859. The molecule has 1 unspecified atom stereocenters. The second kappa shape index (κ2) is 48.1. The van der Waals surface area contributed by atoms with E-state index in [-0.39, 0.29) is 31.1 Å². The van der Waals surface area contributed by atoms with E-state index >= 15 is 0 Å². The van der Waals surface area contributed by atoms with Gasteiger partial charge in [0.15, 0.2) is 6.10 Å². The minimum Gasteiger partial charge on any atom is -0.462 e. The van der Waals surface area contributed by atoms with Crippen LogP contribution in [0.25, 0.3) is 0 Å². The predicted molar refractivity (Wildman–Crippen MR) is 247 cm³/mol. The van der Waals surface area contributed by atoms with E-state index in [1.54, 1.807) is 0 Å². The van der Waals surface area contributed by atoms with Crippen molar-refractivity contribution in [3.63, 3.8) is 0 Å². The molecule has 0 aromatic heterocycles. The molecular weight excluding hydrogens is 721 g/mol. The van der Waals surface area contributed by atoms with Crippen LogP contribution in [0, 0.1) is 0 Å². The number of hydrogen-bond acceptors (Lipinski definition) is 6. The van der Waals surface area contributed by atoms with Gasteiger partial charge < -0.3 is 14.2 Å². The Balaban J connectivity index is 3.98. The zero-order valence-corrected chi connectivity index (χ0v) is 39.3. The molecule has 0 saturated carbocycles. The van der Waals surface area contributed by atoms with Crippen LogP contribution in [0.1, 0.15) is 297 Å². The predicted octanol–water partition coefficient (Wildman–Crippen LogP) is 16.8. The van der Waals surface area contributed by atoms with E-state index in [0.717, 1.165) is 57.8 Å². The fourth-order valence-electron chi connectivity index (χ4n) is 7.92. The first kappa shape index (κ1) is 56.4. The van der Waals surface area contributed by atoms with E-state index < -0.39 is 6.10 Å². The van der Waals surface area contributed by atoms with Gasteiger partial charge in [-0.1, -0.05) is 258 Å². The van der Waals surface area contributed by atoms with Crippen LogP contribution >= 0.6 is 0 Å². The van der Waals surface area contributed by atoms with Crippen molar-refractivity contribution >= 4 is 17.9 Å². The van der Waals surface area contributed by atoms with Gasteiger partial charge in [-0.3, -0.25) is 14.4 Å². The zero-order chi connectivity index (χ0) is 42.3. The van der Waals surface area contributed by atoms with Crippen molar-refractivity contribution in [3.05, 3.63) is 0 Å². The topological polar surface area (TPSA) is 78.9 Å². The van der Waals surface area contributed by atoms with Crippen LogP contribution in [0.4, 0.5) is 0 Å². The van der Waals surface area contributed by atoms with Gasteiger partial charge in [-0.05, 0) is 19.3 Å². The third-order valence-electron chi connectivity index (χ3n) is 11.9. The summed E-state index contributed by atoms with van der Waals surface area (Å²) >= 11 is 0. The summed E-state index contributed by atoms with van der Waals surface area (Å²) in [5.41, 5.74) is 0. The lowest BCUT2D eigenvalue weighted by atomic mass is 10.0. The summed E-state index contributed by atoms with van der Waals surface area (Å²) in [6.45, 7) is 6.60. The summed E-state index contributed by atoms with van der Waals surface area (Å²) in [5, 5.41) is 0. The van der Waals surface area contributed by atoms with Gasteiger partial charge in [0.2, 0.25) is 0 Å². The molecule has 0 rings (SSSR count). The molecule has 0 amide bonds. The molecule has 0 aromatic carbocycles. The number of carbonyl (C=O) groups excluding carboxylic acids is 3. The average molecular weight is 821 g/mol. The summed E-state index contributed by atoms with van der Waals surface area (Å²) in [7, 11) is 0. The van der Waals surface area contributed by atoms with Crippen molar-refractivity contribution < 1.29 is 28.6 Å². The van der Waals surface area contributed by atoms with Crippen LogP contribution in [0.2, 0.25) is 0 Å². The maximum Gasteiger partial charge on any atom is 0.306 e. The lowest BCUT2D eigenvalue weighted by molar-refractivity contribution is -0.167. The maximum atomic E-state index is 12.7. The fraction of sp³-hybridized carbons (Fsp3) is 0.942. The number of unbranched alkanes of at least 4 members (excludes halogenated alkanes) is 37. The molecule has 0 heterocycles. The minimum absolute atomic E-state index is 0.0632. The van der Waals surface area contributed by atoms with Gasteiger partial charge in [0.25, 0.3) is 0 Å². The standard InChI is InChI=1S/C52H100O6/c1-4-7-10-13-16-18-20-21-22-23-24-25-26-27-28-29-30-31-32-33-35-36-39-42-45-51(54)57-48-49(47-56-50(53)44-41-38-15-12-9-6-3)58-52(55)46-43-40-37-34-19-17-14-11-8-5-2/h49H,4-48H2,1-3H3. The highest BCUT2D eigenvalue weighted by Crippen LogP contribution is 2.17. The van der Waals surface area contributed by atoms with Crippen LogP contribution in [0.3, 0.4) is 0 Å².